The summed E-state index contributed by atoms with van der Waals surface area (Å²) in [7, 11) is 0. The van der Waals surface area contributed by atoms with E-state index in [9.17, 15) is 29.6 Å². The molecule has 6 rings (SSSR count). The van der Waals surface area contributed by atoms with Gasteiger partial charge in [0.05, 0.1) is 21.8 Å². The number of carboxylic acids is 1. The maximum atomic E-state index is 13.0. The van der Waals surface area contributed by atoms with Crippen molar-refractivity contribution in [3.63, 3.8) is 0 Å². The highest BCUT2D eigenvalue weighted by atomic mass is 32.2. The predicted molar refractivity (Wildman–Crippen MR) is 105 cm³/mol. The average Bonchev–Trinajstić information content (AvgIpc) is 3.35. The number of thiazole rings is 1. The molecule has 0 unspecified atom stereocenters. The summed E-state index contributed by atoms with van der Waals surface area (Å²) in [4.78, 5) is 51.5. The number of hydrogen-bond donors (Lipinski definition) is 2. The largest absolute Gasteiger partial charge is 0.481 e. The van der Waals surface area contributed by atoms with Gasteiger partial charge in [-0.3, -0.25) is 24.5 Å². The first-order valence-corrected chi connectivity index (χ1v) is 11.2. The van der Waals surface area contributed by atoms with Crippen LogP contribution in [0.4, 0.5) is 5.69 Å². The second-order valence-corrected chi connectivity index (χ2v) is 10.4. The van der Waals surface area contributed by atoms with E-state index in [4.69, 9.17) is 4.74 Å². The number of nitro benzene ring substituents is 1. The van der Waals surface area contributed by atoms with Crippen molar-refractivity contribution < 1.29 is 24.4 Å². The third-order valence-electron chi connectivity index (χ3n) is 7.02. The predicted octanol–water partition coefficient (Wildman–Crippen LogP) is 2.45. The molecule has 0 saturated heterocycles. The van der Waals surface area contributed by atoms with Gasteiger partial charge in [0.25, 0.3) is 5.69 Å². The topological polar surface area (TPSA) is 140 Å². The minimum Gasteiger partial charge on any atom is -0.481 e. The Balaban J connectivity index is 1.63. The van der Waals surface area contributed by atoms with Crippen molar-refractivity contribution in [1.29, 1.82) is 0 Å². The maximum absolute atomic E-state index is 13.0. The number of H-pyrrole nitrogens is 1. The number of fused-ring (bicyclic) bond motifs is 6. The summed E-state index contributed by atoms with van der Waals surface area (Å²) in [5.41, 5.74) is 0.398. The molecule has 11 heteroatoms. The third kappa shape index (κ3) is 2.21. The molecule has 0 spiro atoms. The van der Waals surface area contributed by atoms with Gasteiger partial charge in [0.2, 0.25) is 0 Å². The number of hydrogen-bond acceptors (Lipinski definition) is 8. The van der Waals surface area contributed by atoms with Crippen molar-refractivity contribution in [2.45, 2.75) is 22.6 Å². The number of aliphatic carboxylic acids is 1. The number of carbonyl (C=O) groups excluding carboxylic acids is 1. The Morgan fingerprint density at radius 1 is 1.30 bits per heavy atom. The summed E-state index contributed by atoms with van der Waals surface area (Å²) in [5, 5.41) is 21.9. The maximum Gasteiger partial charge on any atom is 0.315 e. The molecule has 2 aromatic rings. The molecule has 2 aliphatic carbocycles. The second kappa shape index (κ2) is 5.94. The van der Waals surface area contributed by atoms with Gasteiger partial charge in [-0.25, -0.2) is 0 Å². The molecule has 0 radical (unpaired) electrons. The van der Waals surface area contributed by atoms with Gasteiger partial charge in [0.15, 0.2) is 0 Å². The van der Waals surface area contributed by atoms with Crippen molar-refractivity contribution in [2.75, 3.05) is 0 Å². The molecule has 3 heterocycles. The first-order chi connectivity index (χ1) is 14.3. The minimum absolute atomic E-state index is 0.0897. The lowest BCUT2D eigenvalue weighted by atomic mass is 9.66. The van der Waals surface area contributed by atoms with Crippen LogP contribution in [0, 0.1) is 39.7 Å². The van der Waals surface area contributed by atoms with Crippen LogP contribution in [0.2, 0.25) is 0 Å². The van der Waals surface area contributed by atoms with Crippen LogP contribution in [0.25, 0.3) is 0 Å². The smallest absolute Gasteiger partial charge is 0.315 e. The molecule has 2 saturated carbocycles. The second-order valence-electron chi connectivity index (χ2n) is 8.20. The van der Waals surface area contributed by atoms with Gasteiger partial charge >= 0.3 is 16.8 Å². The molecule has 1 aromatic carbocycles. The van der Waals surface area contributed by atoms with Gasteiger partial charge in [-0.15, -0.1) is 11.8 Å². The fraction of sp³-hybridized carbons (Fsp3) is 0.421. The molecule has 0 amide bonds. The normalized spacial score (nSPS) is 35.1. The Hall–Kier alpha value is -2.66. The van der Waals surface area contributed by atoms with Crippen molar-refractivity contribution in [3.8, 4) is 5.75 Å². The number of nitro groups is 1. The van der Waals surface area contributed by atoms with Crippen LogP contribution in [-0.2, 0) is 9.59 Å². The molecule has 1 aromatic heterocycles. The zero-order valence-electron chi connectivity index (χ0n) is 15.1. The number of benzene rings is 1. The number of ether oxygens (including phenoxy) is 1. The van der Waals surface area contributed by atoms with E-state index in [0.29, 0.717) is 17.0 Å². The molecule has 2 aliphatic heterocycles. The van der Waals surface area contributed by atoms with Crippen molar-refractivity contribution in [3.05, 3.63) is 48.4 Å². The number of non-ortho nitro benzene ring substituents is 1. The molecule has 2 bridgehead atoms. The first-order valence-electron chi connectivity index (χ1n) is 9.47. The zero-order chi connectivity index (χ0) is 20.9. The highest BCUT2D eigenvalue weighted by Gasteiger charge is 2.67. The number of thioether (sulfide) groups is 1. The van der Waals surface area contributed by atoms with E-state index >= 15 is 0 Å². The van der Waals surface area contributed by atoms with Crippen LogP contribution < -0.4 is 9.61 Å². The van der Waals surface area contributed by atoms with Crippen LogP contribution in [-0.4, -0.2) is 32.2 Å². The fourth-order valence-corrected chi connectivity index (χ4v) is 8.98. The lowest BCUT2D eigenvalue weighted by Crippen LogP contribution is -2.49. The Morgan fingerprint density at radius 3 is 2.83 bits per heavy atom. The number of esters is 1. The molecule has 154 valence electrons. The van der Waals surface area contributed by atoms with Gasteiger partial charge in [0, 0.05) is 33.7 Å². The van der Waals surface area contributed by atoms with Crippen LogP contribution in [0.1, 0.15) is 22.8 Å². The highest BCUT2D eigenvalue weighted by molar-refractivity contribution is 8.00. The van der Waals surface area contributed by atoms with Crippen LogP contribution in [0.15, 0.2) is 28.0 Å². The molecule has 2 fully saturated rings. The van der Waals surface area contributed by atoms with E-state index in [0.717, 1.165) is 16.2 Å². The Bertz CT molecular complexity index is 1200. The molecular weight excluding hydrogens is 432 g/mol. The van der Waals surface area contributed by atoms with Gasteiger partial charge in [0.1, 0.15) is 5.75 Å². The van der Waals surface area contributed by atoms with Gasteiger partial charge < -0.3 is 14.8 Å². The molecular formula is C19H14N2O7S2. The quantitative estimate of drug-likeness (QED) is 0.310. The Morgan fingerprint density at radius 2 is 2.10 bits per heavy atom. The lowest BCUT2D eigenvalue weighted by Gasteiger charge is -2.45. The van der Waals surface area contributed by atoms with E-state index in [2.05, 4.69) is 4.98 Å². The van der Waals surface area contributed by atoms with Crippen LogP contribution in [0.3, 0.4) is 0 Å². The molecule has 7 atom stereocenters. The first kappa shape index (κ1) is 18.1. The highest BCUT2D eigenvalue weighted by Crippen LogP contribution is 2.68. The van der Waals surface area contributed by atoms with E-state index in [1.54, 1.807) is 0 Å². The van der Waals surface area contributed by atoms with Crippen LogP contribution in [0.5, 0.6) is 5.75 Å². The summed E-state index contributed by atoms with van der Waals surface area (Å²) >= 11 is 2.55. The summed E-state index contributed by atoms with van der Waals surface area (Å²) in [5.74, 6) is -3.84. The minimum atomic E-state index is -1.01. The molecule has 2 N–H and O–H groups in total. The average molecular weight is 446 g/mol. The van der Waals surface area contributed by atoms with Crippen molar-refractivity contribution in [2.24, 2.45) is 29.6 Å². The number of nitrogens with zero attached hydrogens (tertiary/aromatic N) is 1. The van der Waals surface area contributed by atoms with E-state index in [1.807, 2.05) is 0 Å². The van der Waals surface area contributed by atoms with E-state index < -0.39 is 28.7 Å². The third-order valence-corrected chi connectivity index (χ3v) is 9.61. The Kier molecular flexibility index (Phi) is 3.59. The number of rotatable bonds is 2. The van der Waals surface area contributed by atoms with E-state index in [1.165, 1.54) is 30.0 Å². The summed E-state index contributed by atoms with van der Waals surface area (Å²) in [6, 6.07) is 4.10. The van der Waals surface area contributed by atoms with Gasteiger partial charge in [-0.2, -0.15) is 0 Å². The van der Waals surface area contributed by atoms with Crippen molar-refractivity contribution >= 4 is 40.7 Å². The Labute approximate surface area is 176 Å². The SMILES string of the molecule is O=C(O)[C@@H]1[C@H]2C[C@H]3[C@@H]1C(=O)Oc1ccc([N+](=O)[O-])cc1[C@@H]1c4sc(=O)[nH]c4S[C@H]2[C@H]13. The summed E-state index contributed by atoms with van der Waals surface area (Å²) in [6.07, 6.45) is 0.596. The van der Waals surface area contributed by atoms with Crippen LogP contribution >= 0.6 is 23.1 Å². The van der Waals surface area contributed by atoms with E-state index in [-0.39, 0.29) is 45.2 Å². The van der Waals surface area contributed by atoms with Gasteiger partial charge in [-0.05, 0) is 30.2 Å². The number of nitrogens with one attached hydrogen (secondary N) is 1. The monoisotopic (exact) mass is 446 g/mol. The number of carbonyl (C=O) groups is 2. The number of carboxylic acid groups (broad SMARTS) is 1. The summed E-state index contributed by atoms with van der Waals surface area (Å²) in [6.45, 7) is 0. The number of aromatic nitrogens is 1. The summed E-state index contributed by atoms with van der Waals surface area (Å²) < 4.78 is 5.63. The van der Waals surface area contributed by atoms with Crippen molar-refractivity contribution in [1.82, 2.24) is 4.98 Å². The lowest BCUT2D eigenvalue weighted by molar-refractivity contribution is -0.385. The molecule has 9 nitrogen and oxygen atoms in total. The molecule has 4 aliphatic rings. The fourth-order valence-electron chi connectivity index (χ4n) is 6.10. The zero-order valence-corrected chi connectivity index (χ0v) is 16.8. The standard InChI is InChI=1S/C19H14N2O7S2/c22-17(23)12-8-4-7-11-10(15-16(29-14(8)11)20-19(25)30-15)6-3-5(21(26)27)1-2-9(6)28-18(24)13(7)12/h1-3,7-8,10-14H,4H2,(H,20,25)(H,22,23)/t7-,8-,10+,11+,12-,13+,14-/m1/s1. The number of aromatic amines is 1. The van der Waals surface area contributed by atoms with Gasteiger partial charge in [-0.1, -0.05) is 11.3 Å². The molecule has 30 heavy (non-hydrogen) atoms.